The normalized spacial score (nSPS) is 23.4. The van der Waals surface area contributed by atoms with E-state index < -0.39 is 49.2 Å². The fraction of sp³-hybridized carbons (Fsp3) is 0.283. The van der Waals surface area contributed by atoms with Crippen LogP contribution in [-0.2, 0) is 82.3 Å². The van der Waals surface area contributed by atoms with Crippen molar-refractivity contribution < 1.29 is 42.6 Å². The first-order valence-electron chi connectivity index (χ1n) is 21.3. The molecule has 0 unspecified atom stereocenters. The Morgan fingerprint density at radius 3 is 1.21 bits per heavy atom. The summed E-state index contributed by atoms with van der Waals surface area (Å²) in [7, 11) is 0. The molecule has 6 aromatic carbocycles. The van der Waals surface area contributed by atoms with Crippen LogP contribution in [0.15, 0.2) is 194 Å². The Bertz CT molecular complexity index is 2160. The van der Waals surface area contributed by atoms with Crippen molar-refractivity contribution in [1.82, 2.24) is 0 Å². The van der Waals surface area contributed by atoms with Gasteiger partial charge in [-0.3, -0.25) is 0 Å². The highest BCUT2D eigenvalue weighted by Gasteiger charge is 2.51. The Morgan fingerprint density at radius 2 is 0.742 bits per heavy atom. The van der Waals surface area contributed by atoms with Gasteiger partial charge in [0.25, 0.3) is 0 Å². The second kappa shape index (κ2) is 23.1. The topological polar surface area (TPSA) is 83.1 Å². The minimum absolute atomic E-state index is 0.160. The van der Waals surface area contributed by atoms with E-state index in [0.29, 0.717) is 19.8 Å². The van der Waals surface area contributed by atoms with Crippen LogP contribution >= 0.6 is 0 Å². The highest BCUT2D eigenvalue weighted by molar-refractivity contribution is 5.18. The highest BCUT2D eigenvalue weighted by Crippen LogP contribution is 2.34. The summed E-state index contributed by atoms with van der Waals surface area (Å²) < 4.78 is 60.7. The van der Waals surface area contributed by atoms with Crippen LogP contribution in [0.4, 0.5) is 0 Å². The second-order valence-corrected chi connectivity index (χ2v) is 15.3. The lowest BCUT2D eigenvalue weighted by molar-refractivity contribution is -0.352. The molecule has 8 rings (SSSR count). The molecular weight excluding hydrogens is 781 g/mol. The number of rotatable bonds is 21. The van der Waals surface area contributed by atoms with E-state index in [9.17, 15) is 0 Å². The molecule has 2 heterocycles. The zero-order chi connectivity index (χ0) is 42.0. The van der Waals surface area contributed by atoms with E-state index in [1.54, 1.807) is 6.26 Å². The summed E-state index contributed by atoms with van der Waals surface area (Å²) in [5.41, 5.74) is 6.07. The van der Waals surface area contributed by atoms with Crippen molar-refractivity contribution in [3.05, 3.63) is 228 Å². The van der Waals surface area contributed by atoms with Gasteiger partial charge in [0.1, 0.15) is 36.6 Å². The van der Waals surface area contributed by atoms with Gasteiger partial charge in [-0.05, 0) is 39.5 Å². The molecule has 0 aliphatic carbocycles. The van der Waals surface area contributed by atoms with Gasteiger partial charge in [-0.1, -0.05) is 182 Å². The lowest BCUT2D eigenvalue weighted by Gasteiger charge is -2.47. The number of hydrogen-bond acceptors (Lipinski definition) is 9. The van der Waals surface area contributed by atoms with Gasteiger partial charge >= 0.3 is 0 Å². The quantitative estimate of drug-likeness (QED) is 0.0704. The van der Waals surface area contributed by atoms with Crippen LogP contribution in [0.25, 0.3) is 0 Å². The zero-order valence-electron chi connectivity index (χ0n) is 34.7. The summed E-state index contributed by atoms with van der Waals surface area (Å²) >= 11 is 0. The molecule has 0 radical (unpaired) electrons. The molecule has 320 valence electrons. The van der Waals surface area contributed by atoms with Gasteiger partial charge in [-0.15, -0.1) is 0 Å². The number of hydrogen-bond donors (Lipinski definition) is 0. The predicted octanol–water partition coefficient (Wildman–Crippen LogP) is 9.74. The van der Waals surface area contributed by atoms with Crippen molar-refractivity contribution in [2.75, 3.05) is 6.61 Å². The molecule has 0 aromatic heterocycles. The van der Waals surface area contributed by atoms with Crippen LogP contribution in [0, 0.1) is 0 Å². The minimum atomic E-state index is -0.936. The van der Waals surface area contributed by atoms with Gasteiger partial charge < -0.3 is 42.6 Å². The van der Waals surface area contributed by atoms with E-state index in [1.807, 2.05) is 188 Å². The molecule has 62 heavy (non-hydrogen) atoms. The van der Waals surface area contributed by atoms with Crippen LogP contribution in [-0.4, -0.2) is 55.8 Å². The molecule has 9 heteroatoms. The standard InChI is InChI=1S/C53H54O9/c1-7-19-40(20-8-1)33-54-39-47-48(62-52-49(57-35-42-23-11-3-12-24-42)46(31-32-55-52)56-34-41-21-9-2-10-22-41)50(58-36-43-25-13-4-14-26-43)51(59-37-44-27-15-5-16-28-44)53(61-47)60-38-45-29-17-6-18-30-45/h1-32,46-53H,33-39H2/t46-,47+,48+,49+,50-,51+,52-,53+/m0/s1. The first-order valence-corrected chi connectivity index (χ1v) is 21.3. The lowest BCUT2D eigenvalue weighted by atomic mass is 9.97. The molecule has 8 atom stereocenters. The van der Waals surface area contributed by atoms with E-state index in [1.165, 1.54) is 0 Å². The van der Waals surface area contributed by atoms with E-state index in [0.717, 1.165) is 33.4 Å². The molecular formula is C53H54O9. The van der Waals surface area contributed by atoms with Gasteiger partial charge in [0.2, 0.25) is 6.29 Å². The summed E-state index contributed by atoms with van der Waals surface area (Å²) in [6.07, 6.45) is -2.44. The number of benzene rings is 6. The Kier molecular flexibility index (Phi) is 16.1. The highest BCUT2D eigenvalue weighted by atomic mass is 16.8. The number of ether oxygens (including phenoxy) is 9. The fourth-order valence-electron chi connectivity index (χ4n) is 7.49. The average Bonchev–Trinajstić information content (AvgIpc) is 3.34. The second-order valence-electron chi connectivity index (χ2n) is 15.3. The summed E-state index contributed by atoms with van der Waals surface area (Å²) in [5, 5.41) is 0. The van der Waals surface area contributed by atoms with E-state index in [4.69, 9.17) is 42.6 Å². The maximum Gasteiger partial charge on any atom is 0.228 e. The van der Waals surface area contributed by atoms with E-state index >= 15 is 0 Å². The summed E-state index contributed by atoms with van der Waals surface area (Å²) in [6.45, 7) is 2.06. The fourth-order valence-corrected chi connectivity index (χ4v) is 7.49. The van der Waals surface area contributed by atoms with Gasteiger partial charge in [0.05, 0.1) is 52.5 Å². The van der Waals surface area contributed by atoms with Crippen LogP contribution in [0.5, 0.6) is 0 Å². The maximum atomic E-state index is 7.18. The molecule has 0 bridgehead atoms. The van der Waals surface area contributed by atoms with E-state index in [2.05, 4.69) is 0 Å². The summed E-state index contributed by atoms with van der Waals surface area (Å²) in [4.78, 5) is 0. The molecule has 2 aliphatic rings. The van der Waals surface area contributed by atoms with E-state index in [-0.39, 0.29) is 26.4 Å². The van der Waals surface area contributed by atoms with Gasteiger partial charge in [0.15, 0.2) is 6.29 Å². The monoisotopic (exact) mass is 834 g/mol. The largest absolute Gasteiger partial charge is 0.470 e. The summed E-state index contributed by atoms with van der Waals surface area (Å²) in [5.74, 6) is 0. The van der Waals surface area contributed by atoms with Crippen molar-refractivity contribution in [2.24, 2.45) is 0 Å². The van der Waals surface area contributed by atoms with Gasteiger partial charge in [0, 0.05) is 0 Å². The Labute approximate surface area is 364 Å². The molecule has 0 amide bonds. The molecule has 9 nitrogen and oxygen atoms in total. The van der Waals surface area contributed by atoms with Crippen molar-refractivity contribution in [3.8, 4) is 0 Å². The predicted molar refractivity (Wildman–Crippen MR) is 235 cm³/mol. The van der Waals surface area contributed by atoms with Crippen LogP contribution in [0.2, 0.25) is 0 Å². The van der Waals surface area contributed by atoms with Gasteiger partial charge in [-0.2, -0.15) is 0 Å². The first kappa shape index (κ1) is 43.2. The Hall–Kier alpha value is -5.46. The Balaban J connectivity index is 1.13. The van der Waals surface area contributed by atoms with Crippen LogP contribution in [0.1, 0.15) is 33.4 Å². The summed E-state index contributed by atoms with van der Waals surface area (Å²) in [6, 6.07) is 60.3. The third-order valence-corrected chi connectivity index (χ3v) is 10.7. The van der Waals surface area contributed by atoms with Crippen molar-refractivity contribution >= 4 is 0 Å². The molecule has 2 aliphatic heterocycles. The van der Waals surface area contributed by atoms with Gasteiger partial charge in [-0.25, -0.2) is 0 Å². The van der Waals surface area contributed by atoms with Crippen molar-refractivity contribution in [1.29, 1.82) is 0 Å². The van der Waals surface area contributed by atoms with Crippen molar-refractivity contribution in [2.45, 2.75) is 88.8 Å². The third-order valence-electron chi connectivity index (χ3n) is 10.7. The molecule has 1 saturated heterocycles. The molecule has 1 fully saturated rings. The van der Waals surface area contributed by atoms with Crippen molar-refractivity contribution in [3.63, 3.8) is 0 Å². The maximum absolute atomic E-state index is 7.18. The lowest BCUT2D eigenvalue weighted by Crippen LogP contribution is -2.63. The molecule has 0 N–H and O–H groups in total. The molecule has 0 spiro atoms. The van der Waals surface area contributed by atoms with Crippen LogP contribution < -0.4 is 0 Å². The first-order chi connectivity index (χ1) is 30.7. The SMILES string of the molecule is C1=C[C@H](OCc2ccccc2)[C@@H](OCc2ccccc2)[C@H](O[C@H]2[C@H](OCc3ccccc3)[C@@H](OCc3ccccc3)[C@H](OCc3ccccc3)O[C@@H]2COCc2ccccc2)O1. The minimum Gasteiger partial charge on any atom is -0.470 e. The Morgan fingerprint density at radius 1 is 0.355 bits per heavy atom. The van der Waals surface area contributed by atoms with Crippen LogP contribution in [0.3, 0.4) is 0 Å². The smallest absolute Gasteiger partial charge is 0.228 e. The molecule has 0 saturated carbocycles. The zero-order valence-corrected chi connectivity index (χ0v) is 34.7. The average molecular weight is 835 g/mol. The molecule has 6 aromatic rings. The third kappa shape index (κ3) is 12.6.